The first-order valence-electron chi connectivity index (χ1n) is 29.7. The fraction of sp³-hybridized carbons (Fsp3) is 0.0488. The molecule has 0 spiro atoms. The third kappa shape index (κ3) is 7.27. The number of para-hydroxylation sites is 2. The molecule has 3 heteroatoms. The van der Waals surface area contributed by atoms with Crippen LogP contribution < -0.4 is 4.90 Å². The first-order chi connectivity index (χ1) is 41.9. The SMILES string of the molecule is CC1(C)c2ccccc2-c2ccc(N(c3ccccc3)c3ccc4c5c(-c6ccccc6)cccc5n(-c5ccc6c7ccc(-c8ccc9c(c8)-c8ccccc8C9(c8ccccc8)c8ccccc8)cc7n(-c7ccccc7)c6c5)c4c3)cc21. The Morgan fingerprint density at radius 2 is 0.776 bits per heavy atom. The molecule has 0 unspecified atom stereocenters. The van der Waals surface area contributed by atoms with E-state index < -0.39 is 5.41 Å². The van der Waals surface area contributed by atoms with E-state index in [0.717, 1.165) is 50.5 Å². The van der Waals surface area contributed by atoms with E-state index in [9.17, 15) is 0 Å². The maximum absolute atomic E-state index is 2.51. The molecule has 0 amide bonds. The molecule has 2 heterocycles. The van der Waals surface area contributed by atoms with Crippen LogP contribution in [-0.2, 0) is 10.8 Å². The van der Waals surface area contributed by atoms with Crippen molar-refractivity contribution in [1.82, 2.24) is 9.13 Å². The Hall–Kier alpha value is -10.7. The monoisotopic (exact) mass is 1080 g/mol. The molecule has 15 aromatic rings. The minimum absolute atomic E-state index is 0.148. The van der Waals surface area contributed by atoms with Gasteiger partial charge in [-0.3, -0.25) is 0 Å². The summed E-state index contributed by atoms with van der Waals surface area (Å²) in [5.74, 6) is 0. The van der Waals surface area contributed by atoms with Crippen LogP contribution in [0.4, 0.5) is 17.1 Å². The zero-order chi connectivity index (χ0) is 56.4. The molecule has 0 bridgehead atoms. The molecular formula is C82H57N3. The lowest BCUT2D eigenvalue weighted by Crippen LogP contribution is -2.28. The standard InChI is InChI=1S/C82H57N3/c1-81(2)72-36-20-18-33-65(72)67-45-41-61(51-75(67)81)83(59-29-14-6-15-30-59)62-43-47-70-79(52-62)85(76-38-22-35-64(80(70)76)54-23-8-3-9-24-54)63-42-46-69-68-44-39-56(50-77(68)84(78(69)53-63)60-31-16-7-17-32-60)55-40-48-74-71(49-55)66-34-19-21-37-73(66)82(74,57-25-10-4-11-26-57)58-27-12-5-13-28-58/h3-53H,1-2H3. The van der Waals surface area contributed by atoms with Crippen LogP contribution in [0.1, 0.15) is 47.2 Å². The van der Waals surface area contributed by atoms with Gasteiger partial charge >= 0.3 is 0 Å². The summed E-state index contributed by atoms with van der Waals surface area (Å²) in [5.41, 5.74) is 27.3. The largest absolute Gasteiger partial charge is 0.310 e. The molecule has 0 radical (unpaired) electrons. The second kappa shape index (κ2) is 18.9. The maximum atomic E-state index is 2.51. The van der Waals surface area contributed by atoms with E-state index in [4.69, 9.17) is 0 Å². The highest BCUT2D eigenvalue weighted by molar-refractivity contribution is 6.17. The van der Waals surface area contributed by atoms with Gasteiger partial charge in [0.2, 0.25) is 0 Å². The van der Waals surface area contributed by atoms with Crippen LogP contribution in [0.5, 0.6) is 0 Å². The van der Waals surface area contributed by atoms with Crippen molar-refractivity contribution in [3.8, 4) is 55.9 Å². The predicted molar refractivity (Wildman–Crippen MR) is 356 cm³/mol. The number of benzene rings is 13. The molecule has 0 fully saturated rings. The van der Waals surface area contributed by atoms with Crippen LogP contribution >= 0.6 is 0 Å². The lowest BCUT2D eigenvalue weighted by atomic mass is 9.67. The van der Waals surface area contributed by atoms with Gasteiger partial charge in [0.25, 0.3) is 0 Å². The quantitative estimate of drug-likeness (QED) is 0.140. The molecule has 13 aromatic carbocycles. The molecule has 400 valence electrons. The van der Waals surface area contributed by atoms with E-state index >= 15 is 0 Å². The van der Waals surface area contributed by atoms with Gasteiger partial charge in [-0.25, -0.2) is 0 Å². The van der Waals surface area contributed by atoms with Gasteiger partial charge in [-0.1, -0.05) is 244 Å². The van der Waals surface area contributed by atoms with Crippen molar-refractivity contribution in [3.63, 3.8) is 0 Å². The van der Waals surface area contributed by atoms with Crippen LogP contribution in [0.3, 0.4) is 0 Å². The summed E-state index contributed by atoms with van der Waals surface area (Å²) >= 11 is 0. The van der Waals surface area contributed by atoms with Gasteiger partial charge in [-0.05, 0) is 157 Å². The van der Waals surface area contributed by atoms with Crippen LogP contribution in [0.2, 0.25) is 0 Å². The Morgan fingerprint density at radius 3 is 1.51 bits per heavy atom. The highest BCUT2D eigenvalue weighted by atomic mass is 15.1. The van der Waals surface area contributed by atoms with Crippen molar-refractivity contribution in [2.24, 2.45) is 0 Å². The van der Waals surface area contributed by atoms with Gasteiger partial charge in [0.15, 0.2) is 0 Å². The van der Waals surface area contributed by atoms with E-state index in [1.807, 2.05) is 0 Å². The first-order valence-corrected chi connectivity index (χ1v) is 29.7. The van der Waals surface area contributed by atoms with Crippen molar-refractivity contribution in [2.45, 2.75) is 24.7 Å². The van der Waals surface area contributed by atoms with E-state index in [1.54, 1.807) is 0 Å². The molecule has 0 atom stereocenters. The molecule has 85 heavy (non-hydrogen) atoms. The smallest absolute Gasteiger partial charge is 0.0713 e. The van der Waals surface area contributed by atoms with Crippen molar-refractivity contribution >= 4 is 60.7 Å². The van der Waals surface area contributed by atoms with E-state index in [-0.39, 0.29) is 5.41 Å². The second-order valence-electron chi connectivity index (χ2n) is 23.6. The minimum Gasteiger partial charge on any atom is -0.310 e. The van der Waals surface area contributed by atoms with E-state index in [2.05, 4.69) is 337 Å². The number of aromatic nitrogens is 2. The molecule has 2 aliphatic carbocycles. The number of nitrogens with zero attached hydrogens (tertiary/aromatic N) is 3. The molecule has 0 saturated heterocycles. The van der Waals surface area contributed by atoms with Gasteiger partial charge < -0.3 is 14.0 Å². The van der Waals surface area contributed by atoms with Crippen molar-refractivity contribution in [3.05, 3.63) is 343 Å². The van der Waals surface area contributed by atoms with Crippen LogP contribution in [0.25, 0.3) is 99.5 Å². The van der Waals surface area contributed by atoms with E-state index in [1.165, 1.54) is 99.4 Å². The number of fused-ring (bicyclic) bond motifs is 12. The average Bonchev–Trinajstić information content (AvgIpc) is 1.68. The summed E-state index contributed by atoms with van der Waals surface area (Å²) in [4.78, 5) is 2.44. The number of rotatable bonds is 9. The van der Waals surface area contributed by atoms with Crippen molar-refractivity contribution in [1.29, 1.82) is 0 Å². The number of anilines is 3. The minimum atomic E-state index is -0.455. The molecule has 2 aromatic heterocycles. The molecule has 3 nitrogen and oxygen atoms in total. The predicted octanol–water partition coefficient (Wildman–Crippen LogP) is 21.4. The molecule has 2 aliphatic rings. The number of hydrogen-bond donors (Lipinski definition) is 0. The van der Waals surface area contributed by atoms with Crippen LogP contribution in [0.15, 0.2) is 309 Å². The fourth-order valence-corrected chi connectivity index (χ4v) is 15.0. The lowest BCUT2D eigenvalue weighted by Gasteiger charge is -2.33. The third-order valence-electron chi connectivity index (χ3n) is 18.8. The zero-order valence-corrected chi connectivity index (χ0v) is 47.3. The van der Waals surface area contributed by atoms with Crippen LogP contribution in [-0.4, -0.2) is 9.13 Å². The Kier molecular flexibility index (Phi) is 10.9. The topological polar surface area (TPSA) is 13.1 Å². The normalized spacial score (nSPS) is 13.5. The summed E-state index contributed by atoms with van der Waals surface area (Å²) in [7, 11) is 0. The number of hydrogen-bond acceptors (Lipinski definition) is 1. The molecule has 0 aliphatic heterocycles. The van der Waals surface area contributed by atoms with Crippen molar-refractivity contribution < 1.29 is 0 Å². The molecular weight excluding hydrogens is 1030 g/mol. The van der Waals surface area contributed by atoms with Gasteiger partial charge in [-0.2, -0.15) is 0 Å². The Morgan fingerprint density at radius 1 is 0.271 bits per heavy atom. The van der Waals surface area contributed by atoms with Gasteiger partial charge in [0, 0.05) is 55.4 Å². The highest BCUT2D eigenvalue weighted by Gasteiger charge is 2.46. The van der Waals surface area contributed by atoms with Crippen molar-refractivity contribution in [2.75, 3.05) is 4.90 Å². The zero-order valence-electron chi connectivity index (χ0n) is 47.3. The molecule has 0 saturated carbocycles. The Balaban J connectivity index is 0.864. The molecule has 0 N–H and O–H groups in total. The Labute approximate surface area is 495 Å². The summed E-state index contributed by atoms with van der Waals surface area (Å²) in [5, 5.41) is 4.85. The highest BCUT2D eigenvalue weighted by Crippen LogP contribution is 2.57. The fourth-order valence-electron chi connectivity index (χ4n) is 15.0. The maximum Gasteiger partial charge on any atom is 0.0713 e. The summed E-state index contributed by atoms with van der Waals surface area (Å²) < 4.78 is 4.99. The van der Waals surface area contributed by atoms with E-state index in [0.29, 0.717) is 0 Å². The third-order valence-corrected chi connectivity index (χ3v) is 18.8. The lowest BCUT2D eigenvalue weighted by molar-refractivity contribution is 0.660. The summed E-state index contributed by atoms with van der Waals surface area (Å²) in [6, 6.07) is 115. The molecule has 17 rings (SSSR count). The summed E-state index contributed by atoms with van der Waals surface area (Å²) in [6.45, 7) is 4.73. The first kappa shape index (κ1) is 48.9. The Bertz CT molecular complexity index is 5090. The van der Waals surface area contributed by atoms with Gasteiger partial charge in [0.05, 0.1) is 27.5 Å². The van der Waals surface area contributed by atoms with Gasteiger partial charge in [-0.15, -0.1) is 0 Å². The second-order valence-corrected chi connectivity index (χ2v) is 23.6. The summed E-state index contributed by atoms with van der Waals surface area (Å²) in [6.07, 6.45) is 0. The van der Waals surface area contributed by atoms with Gasteiger partial charge in [0.1, 0.15) is 0 Å². The van der Waals surface area contributed by atoms with Crippen LogP contribution in [0, 0.1) is 0 Å². The average molecular weight is 1080 g/mol.